The summed E-state index contributed by atoms with van der Waals surface area (Å²) in [6.07, 6.45) is 0. The number of hydrogen-bond donors (Lipinski definition) is 1. The number of anilines is 1. The summed E-state index contributed by atoms with van der Waals surface area (Å²) in [4.78, 5) is 16.9. The van der Waals surface area contributed by atoms with E-state index in [0.29, 0.717) is 12.1 Å². The van der Waals surface area contributed by atoms with Gasteiger partial charge in [-0.3, -0.25) is 4.79 Å². The third kappa shape index (κ3) is 6.02. The fourth-order valence-electron chi connectivity index (χ4n) is 3.85. The zero-order valence-corrected chi connectivity index (χ0v) is 20.0. The van der Waals surface area contributed by atoms with E-state index in [1.165, 1.54) is 12.1 Å². The molecule has 1 saturated heterocycles. The van der Waals surface area contributed by atoms with E-state index in [1.807, 2.05) is 42.5 Å². The SMILES string of the molecule is CN(Cc1ccc(N2CCOCC2)cc1)C(=O)c1cccc(S(=O)(=O)NCc2ccccc2)c1. The number of carbonyl (C=O) groups excluding carboxylic acids is 1. The standard InChI is InChI=1S/C26H29N3O4S/c1-28(20-22-10-12-24(13-11-22)29-14-16-33-17-15-29)26(30)23-8-5-9-25(18-23)34(31,32)27-19-21-6-3-2-4-7-21/h2-13,18,27H,14-17,19-20H2,1H3. The average Bonchev–Trinajstić information content (AvgIpc) is 2.89. The van der Waals surface area contributed by atoms with Gasteiger partial charge in [0.05, 0.1) is 18.1 Å². The average molecular weight is 480 g/mol. The van der Waals surface area contributed by atoms with Crippen LogP contribution < -0.4 is 9.62 Å². The first kappa shape index (κ1) is 23.9. The highest BCUT2D eigenvalue weighted by Crippen LogP contribution is 2.19. The van der Waals surface area contributed by atoms with Gasteiger partial charge in [-0.15, -0.1) is 0 Å². The first-order valence-electron chi connectivity index (χ1n) is 11.2. The maximum Gasteiger partial charge on any atom is 0.253 e. The minimum atomic E-state index is -3.75. The molecule has 0 unspecified atom stereocenters. The Morgan fingerprint density at radius 2 is 1.65 bits per heavy atom. The van der Waals surface area contributed by atoms with Gasteiger partial charge in [-0.05, 0) is 41.5 Å². The molecule has 0 aliphatic carbocycles. The number of nitrogens with one attached hydrogen (secondary N) is 1. The molecule has 4 rings (SSSR count). The lowest BCUT2D eigenvalue weighted by Crippen LogP contribution is -2.36. The van der Waals surface area contributed by atoms with E-state index in [4.69, 9.17) is 4.74 Å². The van der Waals surface area contributed by atoms with Crippen LogP contribution in [0, 0.1) is 0 Å². The molecular weight excluding hydrogens is 450 g/mol. The zero-order chi connectivity index (χ0) is 24.0. The number of hydrogen-bond acceptors (Lipinski definition) is 5. The Hall–Kier alpha value is -3.20. The molecular formula is C26H29N3O4S. The Kier molecular flexibility index (Phi) is 7.62. The van der Waals surface area contributed by atoms with Crippen LogP contribution >= 0.6 is 0 Å². The van der Waals surface area contributed by atoms with Crippen LogP contribution in [0.4, 0.5) is 5.69 Å². The van der Waals surface area contributed by atoms with Crippen molar-refractivity contribution < 1.29 is 17.9 Å². The van der Waals surface area contributed by atoms with Crippen LogP contribution in [0.3, 0.4) is 0 Å². The summed E-state index contributed by atoms with van der Waals surface area (Å²) in [7, 11) is -2.03. The van der Waals surface area contributed by atoms with Crippen LogP contribution in [-0.4, -0.2) is 52.6 Å². The van der Waals surface area contributed by atoms with Gasteiger partial charge in [0.15, 0.2) is 0 Å². The zero-order valence-electron chi connectivity index (χ0n) is 19.2. The van der Waals surface area contributed by atoms with Gasteiger partial charge in [0.2, 0.25) is 10.0 Å². The molecule has 0 saturated carbocycles. The molecule has 178 valence electrons. The lowest BCUT2D eigenvalue weighted by molar-refractivity contribution is 0.0785. The number of benzene rings is 3. The number of carbonyl (C=O) groups is 1. The van der Waals surface area contributed by atoms with Gasteiger partial charge < -0.3 is 14.5 Å². The summed E-state index contributed by atoms with van der Waals surface area (Å²) in [6.45, 7) is 3.81. The minimum Gasteiger partial charge on any atom is -0.378 e. The minimum absolute atomic E-state index is 0.0672. The van der Waals surface area contributed by atoms with Crippen molar-refractivity contribution in [1.82, 2.24) is 9.62 Å². The largest absolute Gasteiger partial charge is 0.378 e. The lowest BCUT2D eigenvalue weighted by atomic mass is 10.1. The third-order valence-electron chi connectivity index (χ3n) is 5.78. The molecule has 1 fully saturated rings. The van der Waals surface area contributed by atoms with Gasteiger partial charge in [0.25, 0.3) is 5.91 Å². The summed E-state index contributed by atoms with van der Waals surface area (Å²) >= 11 is 0. The van der Waals surface area contributed by atoms with Crippen LogP contribution in [0.15, 0.2) is 83.8 Å². The highest BCUT2D eigenvalue weighted by atomic mass is 32.2. The van der Waals surface area contributed by atoms with E-state index in [2.05, 4.69) is 21.8 Å². The predicted molar refractivity (Wildman–Crippen MR) is 132 cm³/mol. The predicted octanol–water partition coefficient (Wildman–Crippen LogP) is 3.27. The fourth-order valence-corrected chi connectivity index (χ4v) is 4.92. The molecule has 1 N–H and O–H groups in total. The third-order valence-corrected chi connectivity index (χ3v) is 7.18. The smallest absolute Gasteiger partial charge is 0.253 e. The summed E-state index contributed by atoms with van der Waals surface area (Å²) in [5, 5.41) is 0. The highest BCUT2D eigenvalue weighted by molar-refractivity contribution is 7.89. The molecule has 7 nitrogen and oxygen atoms in total. The van der Waals surface area contributed by atoms with Gasteiger partial charge >= 0.3 is 0 Å². The topological polar surface area (TPSA) is 79.0 Å². The number of ether oxygens (including phenoxy) is 1. The summed E-state index contributed by atoms with van der Waals surface area (Å²) in [5.74, 6) is -0.239. The van der Waals surface area contributed by atoms with Gasteiger partial charge in [0, 0.05) is 44.5 Å². The lowest BCUT2D eigenvalue weighted by Gasteiger charge is -2.29. The first-order valence-corrected chi connectivity index (χ1v) is 12.7. The molecule has 8 heteroatoms. The second-order valence-electron chi connectivity index (χ2n) is 8.27. The summed E-state index contributed by atoms with van der Waals surface area (Å²) in [6, 6.07) is 23.6. The molecule has 1 heterocycles. The second kappa shape index (κ2) is 10.8. The van der Waals surface area contributed by atoms with Crippen molar-refractivity contribution in [2.45, 2.75) is 18.0 Å². The molecule has 0 radical (unpaired) electrons. The molecule has 0 atom stereocenters. The number of amides is 1. The summed E-state index contributed by atoms with van der Waals surface area (Å²) in [5.41, 5.74) is 3.33. The molecule has 1 amide bonds. The van der Waals surface area contributed by atoms with Gasteiger partial charge in [-0.25, -0.2) is 13.1 Å². The van der Waals surface area contributed by atoms with Crippen molar-refractivity contribution >= 4 is 21.6 Å². The Bertz CT molecular complexity index is 1210. The quantitative estimate of drug-likeness (QED) is 0.537. The highest BCUT2D eigenvalue weighted by Gasteiger charge is 2.18. The maximum absolute atomic E-state index is 13.0. The van der Waals surface area contributed by atoms with E-state index in [9.17, 15) is 13.2 Å². The Labute approximate surface area is 201 Å². The van der Waals surface area contributed by atoms with Gasteiger partial charge in [0.1, 0.15) is 0 Å². The van der Waals surface area contributed by atoms with Gasteiger partial charge in [-0.1, -0.05) is 48.5 Å². The van der Waals surface area contributed by atoms with Crippen LogP contribution in [0.1, 0.15) is 21.5 Å². The fraction of sp³-hybridized carbons (Fsp3) is 0.269. The molecule has 0 bridgehead atoms. The maximum atomic E-state index is 13.0. The van der Waals surface area contributed by atoms with Crippen molar-refractivity contribution in [1.29, 1.82) is 0 Å². The molecule has 1 aliphatic heterocycles. The normalized spacial score (nSPS) is 14.1. The van der Waals surface area contributed by atoms with Gasteiger partial charge in [-0.2, -0.15) is 0 Å². The van der Waals surface area contributed by atoms with Crippen molar-refractivity contribution in [3.05, 3.63) is 95.6 Å². The Balaban J connectivity index is 1.40. The molecule has 34 heavy (non-hydrogen) atoms. The van der Waals surface area contributed by atoms with Crippen LogP contribution in [-0.2, 0) is 27.8 Å². The summed E-state index contributed by atoms with van der Waals surface area (Å²) < 4.78 is 33.5. The molecule has 1 aliphatic rings. The van der Waals surface area contributed by atoms with E-state index in [-0.39, 0.29) is 17.3 Å². The Morgan fingerprint density at radius 3 is 2.35 bits per heavy atom. The van der Waals surface area contributed by atoms with Crippen LogP contribution in [0.25, 0.3) is 0 Å². The van der Waals surface area contributed by atoms with Crippen molar-refractivity contribution in [2.24, 2.45) is 0 Å². The molecule has 0 spiro atoms. The van der Waals surface area contributed by atoms with Crippen molar-refractivity contribution in [3.63, 3.8) is 0 Å². The van der Waals surface area contributed by atoms with Crippen LogP contribution in [0.5, 0.6) is 0 Å². The van der Waals surface area contributed by atoms with E-state index >= 15 is 0 Å². The number of nitrogens with zero attached hydrogens (tertiary/aromatic N) is 2. The second-order valence-corrected chi connectivity index (χ2v) is 10.0. The number of rotatable bonds is 8. The molecule has 3 aromatic carbocycles. The molecule has 0 aromatic heterocycles. The first-order chi connectivity index (χ1) is 16.4. The Morgan fingerprint density at radius 1 is 0.941 bits per heavy atom. The van der Waals surface area contributed by atoms with E-state index in [0.717, 1.165) is 43.1 Å². The number of sulfonamides is 1. The number of morpholine rings is 1. The van der Waals surface area contributed by atoms with E-state index < -0.39 is 10.0 Å². The molecule has 3 aromatic rings. The van der Waals surface area contributed by atoms with Crippen molar-refractivity contribution in [2.75, 3.05) is 38.3 Å². The van der Waals surface area contributed by atoms with Crippen molar-refractivity contribution in [3.8, 4) is 0 Å². The van der Waals surface area contributed by atoms with E-state index in [1.54, 1.807) is 24.1 Å². The van der Waals surface area contributed by atoms with Crippen LogP contribution in [0.2, 0.25) is 0 Å². The monoisotopic (exact) mass is 479 g/mol.